The highest BCUT2D eigenvalue weighted by molar-refractivity contribution is 6.30. The number of nitrogens with one attached hydrogen (secondary N) is 3. The molecule has 1 aromatic carbocycles. The van der Waals surface area contributed by atoms with Crippen LogP contribution in [0.4, 0.5) is 23.5 Å². The largest absolute Gasteiger partial charge is 0.464 e. The topological polar surface area (TPSA) is 104 Å². The Morgan fingerprint density at radius 2 is 1.85 bits per heavy atom. The normalized spacial score (nSPS) is 19.7. The first-order chi connectivity index (χ1) is 13.2. The molecule has 1 atom stereocenters. The number of nitrogens with zero attached hydrogens (tertiary/aromatic N) is 4. The molecule has 9 nitrogen and oxygen atoms in total. The summed E-state index contributed by atoms with van der Waals surface area (Å²) in [4.78, 5) is 27.3. The third kappa shape index (κ3) is 4.37. The van der Waals surface area contributed by atoms with Gasteiger partial charge in [-0.15, -0.1) is 0 Å². The zero-order chi connectivity index (χ0) is 18.6. The van der Waals surface area contributed by atoms with E-state index in [1.807, 2.05) is 12.1 Å². The van der Waals surface area contributed by atoms with Crippen LogP contribution in [0.1, 0.15) is 6.42 Å². The fourth-order valence-corrected chi connectivity index (χ4v) is 3.06. The zero-order valence-electron chi connectivity index (χ0n) is 14.6. The van der Waals surface area contributed by atoms with E-state index in [9.17, 15) is 4.79 Å². The third-order valence-electron chi connectivity index (χ3n) is 4.36. The van der Waals surface area contributed by atoms with Crippen LogP contribution in [0, 0.1) is 0 Å². The number of rotatable bonds is 5. The molecule has 3 heterocycles. The summed E-state index contributed by atoms with van der Waals surface area (Å²) in [5.74, 6) is 1.02. The van der Waals surface area contributed by atoms with E-state index >= 15 is 0 Å². The minimum Gasteiger partial charge on any atom is -0.464 e. The van der Waals surface area contributed by atoms with E-state index in [0.717, 1.165) is 31.9 Å². The van der Waals surface area contributed by atoms with Crippen LogP contribution in [0.3, 0.4) is 0 Å². The molecule has 0 spiro atoms. The van der Waals surface area contributed by atoms with Gasteiger partial charge in [0.15, 0.2) is 0 Å². The Bertz CT molecular complexity index is 811. The summed E-state index contributed by atoms with van der Waals surface area (Å²) in [7, 11) is 0. The van der Waals surface area contributed by atoms with E-state index in [2.05, 4.69) is 35.8 Å². The van der Waals surface area contributed by atoms with Gasteiger partial charge >= 0.3 is 5.97 Å². The van der Waals surface area contributed by atoms with Gasteiger partial charge in [0.1, 0.15) is 6.04 Å². The van der Waals surface area contributed by atoms with Crippen LogP contribution < -0.4 is 20.9 Å². The maximum absolute atomic E-state index is 11.8. The van der Waals surface area contributed by atoms with Crippen molar-refractivity contribution in [2.45, 2.75) is 12.5 Å². The number of cyclic esters (lactones) is 1. The second kappa shape index (κ2) is 7.93. The Labute approximate surface area is 161 Å². The molecule has 0 amide bonds. The van der Waals surface area contributed by atoms with Crippen LogP contribution in [-0.4, -0.2) is 59.7 Å². The summed E-state index contributed by atoms with van der Waals surface area (Å²) >= 11 is 5.94. The van der Waals surface area contributed by atoms with Crippen molar-refractivity contribution >= 4 is 41.1 Å². The molecular weight excluding hydrogens is 370 g/mol. The van der Waals surface area contributed by atoms with E-state index in [1.165, 1.54) is 0 Å². The quantitative estimate of drug-likeness (QED) is 0.654. The van der Waals surface area contributed by atoms with E-state index in [-0.39, 0.29) is 5.97 Å². The number of benzene rings is 1. The molecule has 0 unspecified atom stereocenters. The Kier molecular flexibility index (Phi) is 5.21. The number of esters is 1. The van der Waals surface area contributed by atoms with Crippen LogP contribution >= 0.6 is 11.6 Å². The molecule has 10 heteroatoms. The van der Waals surface area contributed by atoms with Gasteiger partial charge in [-0.3, -0.25) is 0 Å². The average molecular weight is 390 g/mol. The molecule has 0 saturated carbocycles. The number of halogens is 1. The number of anilines is 4. The first-order valence-electron chi connectivity index (χ1n) is 8.85. The monoisotopic (exact) mass is 389 g/mol. The molecule has 2 fully saturated rings. The van der Waals surface area contributed by atoms with Gasteiger partial charge in [0.25, 0.3) is 0 Å². The van der Waals surface area contributed by atoms with E-state index in [0.29, 0.717) is 35.9 Å². The summed E-state index contributed by atoms with van der Waals surface area (Å²) in [5, 5.41) is 10.2. The molecule has 0 aliphatic carbocycles. The highest BCUT2D eigenvalue weighted by Gasteiger charge is 2.27. The molecule has 2 aliphatic heterocycles. The number of ether oxygens (including phenoxy) is 1. The maximum Gasteiger partial charge on any atom is 0.328 e. The van der Waals surface area contributed by atoms with Gasteiger partial charge in [0.05, 0.1) is 6.61 Å². The molecule has 2 aliphatic rings. The number of hydrogen-bond acceptors (Lipinski definition) is 9. The van der Waals surface area contributed by atoms with Crippen molar-refractivity contribution < 1.29 is 9.53 Å². The van der Waals surface area contributed by atoms with Gasteiger partial charge in [-0.05, 0) is 24.3 Å². The maximum atomic E-state index is 11.8. The lowest BCUT2D eigenvalue weighted by Gasteiger charge is -2.27. The van der Waals surface area contributed by atoms with Crippen molar-refractivity contribution in [3.63, 3.8) is 0 Å². The minimum absolute atomic E-state index is 0.286. The van der Waals surface area contributed by atoms with E-state index < -0.39 is 6.04 Å². The summed E-state index contributed by atoms with van der Waals surface area (Å²) in [6, 6.07) is 6.83. The Morgan fingerprint density at radius 1 is 1.11 bits per heavy atom. The Morgan fingerprint density at radius 3 is 2.56 bits per heavy atom. The van der Waals surface area contributed by atoms with Crippen LogP contribution in [-0.2, 0) is 9.53 Å². The SMILES string of the molecule is O=C1OCC[C@@H]1Nc1nc(Nc2ccc(Cl)cc2)nc(N2CCNCC2)n1. The fourth-order valence-electron chi connectivity index (χ4n) is 2.94. The number of aromatic nitrogens is 3. The molecule has 4 rings (SSSR count). The lowest BCUT2D eigenvalue weighted by Crippen LogP contribution is -2.44. The highest BCUT2D eigenvalue weighted by atomic mass is 35.5. The van der Waals surface area contributed by atoms with Crippen molar-refractivity contribution in [3.05, 3.63) is 29.3 Å². The first kappa shape index (κ1) is 17.7. The second-order valence-electron chi connectivity index (χ2n) is 6.30. The molecule has 142 valence electrons. The molecule has 27 heavy (non-hydrogen) atoms. The van der Waals surface area contributed by atoms with Crippen LogP contribution in [0.5, 0.6) is 0 Å². The van der Waals surface area contributed by atoms with Crippen LogP contribution in [0.25, 0.3) is 0 Å². The molecular formula is C17H20ClN7O2. The predicted octanol–water partition coefficient (Wildman–Crippen LogP) is 1.41. The van der Waals surface area contributed by atoms with Crippen LogP contribution in [0.2, 0.25) is 5.02 Å². The molecule has 3 N–H and O–H groups in total. The Hall–Kier alpha value is -2.65. The third-order valence-corrected chi connectivity index (χ3v) is 4.61. The van der Waals surface area contributed by atoms with Gasteiger partial charge in [0, 0.05) is 43.3 Å². The molecule has 2 aromatic rings. The van der Waals surface area contributed by atoms with Gasteiger partial charge in [0.2, 0.25) is 17.8 Å². The van der Waals surface area contributed by atoms with Crippen molar-refractivity contribution in [3.8, 4) is 0 Å². The molecule has 1 aromatic heterocycles. The van der Waals surface area contributed by atoms with Gasteiger partial charge in [-0.25, -0.2) is 4.79 Å². The van der Waals surface area contributed by atoms with E-state index in [4.69, 9.17) is 16.3 Å². The zero-order valence-corrected chi connectivity index (χ0v) is 15.4. The number of carbonyl (C=O) groups excluding carboxylic acids is 1. The molecule has 0 radical (unpaired) electrons. The lowest BCUT2D eigenvalue weighted by atomic mass is 10.2. The smallest absolute Gasteiger partial charge is 0.328 e. The van der Waals surface area contributed by atoms with Gasteiger partial charge in [-0.2, -0.15) is 15.0 Å². The summed E-state index contributed by atoms with van der Waals surface area (Å²) in [5.41, 5.74) is 0.808. The van der Waals surface area contributed by atoms with Crippen molar-refractivity contribution in [1.82, 2.24) is 20.3 Å². The van der Waals surface area contributed by atoms with Crippen molar-refractivity contribution in [1.29, 1.82) is 0 Å². The summed E-state index contributed by atoms with van der Waals surface area (Å²) in [6.07, 6.45) is 0.591. The van der Waals surface area contributed by atoms with Crippen LogP contribution in [0.15, 0.2) is 24.3 Å². The molecule has 2 saturated heterocycles. The average Bonchev–Trinajstić information content (AvgIpc) is 3.09. The summed E-state index contributed by atoms with van der Waals surface area (Å²) in [6.45, 7) is 3.74. The molecule has 0 bridgehead atoms. The first-order valence-corrected chi connectivity index (χ1v) is 9.23. The predicted molar refractivity (Wildman–Crippen MR) is 103 cm³/mol. The van der Waals surface area contributed by atoms with Gasteiger partial charge < -0.3 is 25.6 Å². The number of piperazine rings is 1. The second-order valence-corrected chi connectivity index (χ2v) is 6.74. The lowest BCUT2D eigenvalue weighted by molar-refractivity contribution is -0.138. The van der Waals surface area contributed by atoms with Crippen molar-refractivity contribution in [2.24, 2.45) is 0 Å². The van der Waals surface area contributed by atoms with Gasteiger partial charge in [-0.1, -0.05) is 11.6 Å². The van der Waals surface area contributed by atoms with Crippen molar-refractivity contribution in [2.75, 3.05) is 48.3 Å². The number of carbonyl (C=O) groups is 1. The summed E-state index contributed by atoms with van der Waals surface area (Å²) < 4.78 is 5.00. The standard InChI is InChI=1S/C17H20ClN7O2/c18-11-1-3-12(4-2-11)20-15-22-16(21-13-5-10-27-14(13)26)24-17(23-15)25-8-6-19-7-9-25/h1-4,13,19H,5-10H2,(H2,20,21,22,23,24)/t13-/m0/s1. The fraction of sp³-hybridized carbons (Fsp3) is 0.412. The number of hydrogen-bond donors (Lipinski definition) is 3. The van der Waals surface area contributed by atoms with E-state index in [1.54, 1.807) is 12.1 Å². The Balaban J connectivity index is 1.60. The highest BCUT2D eigenvalue weighted by Crippen LogP contribution is 2.21. The minimum atomic E-state index is -0.438.